The first kappa shape index (κ1) is 60.8. The van der Waals surface area contributed by atoms with E-state index in [0.717, 1.165) is 116 Å². The van der Waals surface area contributed by atoms with Crippen LogP contribution in [0.5, 0.6) is 0 Å². The fourth-order valence-electron chi connectivity index (χ4n) is 6.63. The van der Waals surface area contributed by atoms with Crippen LogP contribution in [0.1, 0.15) is 213 Å². The Labute approximate surface area is 399 Å². The van der Waals surface area contributed by atoms with Crippen LogP contribution in [0.15, 0.2) is 122 Å². The van der Waals surface area contributed by atoms with Crippen LogP contribution in [-0.2, 0) is 28.6 Å². The van der Waals surface area contributed by atoms with Gasteiger partial charge >= 0.3 is 17.9 Å². The van der Waals surface area contributed by atoms with E-state index in [9.17, 15) is 14.4 Å². The summed E-state index contributed by atoms with van der Waals surface area (Å²) < 4.78 is 16.7. The summed E-state index contributed by atoms with van der Waals surface area (Å²) in [6.45, 7) is 6.30. The highest BCUT2D eigenvalue weighted by Crippen LogP contribution is 2.13. The minimum Gasteiger partial charge on any atom is -0.462 e. The van der Waals surface area contributed by atoms with Crippen LogP contribution in [0.2, 0.25) is 0 Å². The van der Waals surface area contributed by atoms with Gasteiger partial charge in [-0.25, -0.2) is 0 Å². The molecular formula is C59H94O6. The number of carbonyl (C=O) groups excluding carboxylic acids is 3. The van der Waals surface area contributed by atoms with Crippen LogP contribution >= 0.6 is 0 Å². The van der Waals surface area contributed by atoms with Crippen molar-refractivity contribution in [1.29, 1.82) is 0 Å². The molecule has 0 amide bonds. The van der Waals surface area contributed by atoms with Crippen molar-refractivity contribution in [2.24, 2.45) is 0 Å². The monoisotopic (exact) mass is 899 g/mol. The van der Waals surface area contributed by atoms with Crippen molar-refractivity contribution in [3.05, 3.63) is 122 Å². The van der Waals surface area contributed by atoms with Crippen molar-refractivity contribution in [3.8, 4) is 0 Å². The molecule has 0 radical (unpaired) electrons. The predicted octanol–water partition coefficient (Wildman–Crippen LogP) is 17.3. The molecule has 0 saturated heterocycles. The zero-order valence-corrected chi connectivity index (χ0v) is 41.7. The maximum Gasteiger partial charge on any atom is 0.306 e. The second-order valence-electron chi connectivity index (χ2n) is 16.7. The van der Waals surface area contributed by atoms with Crippen LogP contribution in [0.4, 0.5) is 0 Å². The molecule has 0 aliphatic rings. The van der Waals surface area contributed by atoms with E-state index in [1.54, 1.807) is 0 Å². The topological polar surface area (TPSA) is 78.9 Å². The van der Waals surface area contributed by atoms with Crippen molar-refractivity contribution >= 4 is 17.9 Å². The molecule has 0 aliphatic heterocycles. The number of unbranched alkanes of at least 4 members (excludes halogenated alkanes) is 14. The van der Waals surface area contributed by atoms with Gasteiger partial charge in [0.25, 0.3) is 0 Å². The Morgan fingerprint density at radius 2 is 0.631 bits per heavy atom. The number of carbonyl (C=O) groups is 3. The van der Waals surface area contributed by atoms with Gasteiger partial charge in [0.2, 0.25) is 0 Å². The van der Waals surface area contributed by atoms with Crippen molar-refractivity contribution in [3.63, 3.8) is 0 Å². The molecule has 0 aromatic heterocycles. The summed E-state index contributed by atoms with van der Waals surface area (Å²) in [6, 6.07) is 0. The Kier molecular flexibility index (Phi) is 49.1. The third kappa shape index (κ3) is 50.7. The fourth-order valence-corrected chi connectivity index (χ4v) is 6.63. The zero-order chi connectivity index (χ0) is 47.2. The number of ether oxygens (including phenoxy) is 3. The molecule has 0 aliphatic carbocycles. The van der Waals surface area contributed by atoms with Crippen molar-refractivity contribution in [2.45, 2.75) is 219 Å². The second kappa shape index (κ2) is 52.4. The SMILES string of the molecule is CC/C=C\C/C=C\C/C=C\C/C=C\C/C=C\C/C=C\CCC(=O)OCC(COC(=O)CCCCCCCCCCC)OC(=O)CCCCCCCC/C=C\C/C=C\C/C=C\C/C=C\CC. The molecule has 0 N–H and O–H groups in total. The average molecular weight is 899 g/mol. The van der Waals surface area contributed by atoms with Gasteiger partial charge in [0.15, 0.2) is 6.10 Å². The summed E-state index contributed by atoms with van der Waals surface area (Å²) in [5.41, 5.74) is 0. The van der Waals surface area contributed by atoms with Gasteiger partial charge < -0.3 is 14.2 Å². The molecule has 0 spiro atoms. The Balaban J connectivity index is 4.49. The van der Waals surface area contributed by atoms with Gasteiger partial charge in [-0.05, 0) is 96.3 Å². The number of esters is 3. The van der Waals surface area contributed by atoms with Crippen LogP contribution in [0, 0.1) is 0 Å². The molecule has 0 aromatic rings. The summed E-state index contributed by atoms with van der Waals surface area (Å²) >= 11 is 0. The van der Waals surface area contributed by atoms with Crippen molar-refractivity contribution < 1.29 is 28.6 Å². The van der Waals surface area contributed by atoms with E-state index in [2.05, 4.69) is 130 Å². The summed E-state index contributed by atoms with van der Waals surface area (Å²) in [4.78, 5) is 37.9. The normalized spacial score (nSPS) is 13.1. The first-order valence-corrected chi connectivity index (χ1v) is 26.0. The zero-order valence-electron chi connectivity index (χ0n) is 41.7. The second-order valence-corrected chi connectivity index (χ2v) is 16.7. The number of rotatable bonds is 45. The van der Waals surface area contributed by atoms with Crippen LogP contribution in [0.3, 0.4) is 0 Å². The molecule has 0 rings (SSSR count). The van der Waals surface area contributed by atoms with Crippen molar-refractivity contribution in [2.75, 3.05) is 13.2 Å². The van der Waals surface area contributed by atoms with Gasteiger partial charge in [-0.1, -0.05) is 219 Å². The number of hydrogen-bond acceptors (Lipinski definition) is 6. The molecule has 366 valence electrons. The van der Waals surface area contributed by atoms with Gasteiger partial charge in [-0.2, -0.15) is 0 Å². The van der Waals surface area contributed by atoms with E-state index in [1.165, 1.54) is 51.4 Å². The van der Waals surface area contributed by atoms with E-state index in [4.69, 9.17) is 14.2 Å². The third-order valence-electron chi connectivity index (χ3n) is 10.5. The van der Waals surface area contributed by atoms with Gasteiger partial charge in [0, 0.05) is 19.3 Å². The summed E-state index contributed by atoms with van der Waals surface area (Å²) in [7, 11) is 0. The Bertz CT molecular complexity index is 1400. The van der Waals surface area contributed by atoms with Crippen LogP contribution in [0.25, 0.3) is 0 Å². The molecule has 1 atom stereocenters. The first-order chi connectivity index (χ1) is 32.0. The molecule has 6 heteroatoms. The van der Waals surface area contributed by atoms with E-state index < -0.39 is 6.10 Å². The Morgan fingerprint density at radius 1 is 0.323 bits per heavy atom. The first-order valence-electron chi connectivity index (χ1n) is 26.0. The van der Waals surface area contributed by atoms with Gasteiger partial charge in [0.1, 0.15) is 13.2 Å². The molecule has 65 heavy (non-hydrogen) atoms. The number of allylic oxidation sites excluding steroid dienone is 20. The van der Waals surface area contributed by atoms with E-state index in [1.807, 2.05) is 12.2 Å². The minimum atomic E-state index is -0.817. The van der Waals surface area contributed by atoms with Crippen LogP contribution < -0.4 is 0 Å². The molecule has 1 unspecified atom stereocenters. The lowest BCUT2D eigenvalue weighted by molar-refractivity contribution is -0.166. The lowest BCUT2D eigenvalue weighted by Crippen LogP contribution is -2.30. The largest absolute Gasteiger partial charge is 0.462 e. The smallest absolute Gasteiger partial charge is 0.306 e. The highest BCUT2D eigenvalue weighted by molar-refractivity contribution is 5.71. The quantitative estimate of drug-likeness (QED) is 0.0262. The molecule has 0 heterocycles. The van der Waals surface area contributed by atoms with Gasteiger partial charge in [-0.15, -0.1) is 0 Å². The molecule has 0 bridgehead atoms. The molecule has 0 saturated carbocycles. The standard InChI is InChI=1S/C59H94O6/c1-4-7-10-13-16-19-21-23-25-27-29-31-33-35-37-40-43-46-49-52-58(61)64-55-56(54-63-57(60)51-48-45-42-39-18-15-12-9-6-3)65-59(62)53-50-47-44-41-38-36-34-32-30-28-26-24-22-20-17-14-11-8-5-2/h7-8,10-11,16-17,19-20,23-26,29-32,35,37,43,46,56H,4-6,9,12-15,18,21-22,27-28,33-34,36,38-42,44-45,47-55H2,1-3H3/b10-7-,11-8-,19-16-,20-17-,25-23-,26-24-,31-29-,32-30-,37-35-,46-43-. The lowest BCUT2D eigenvalue weighted by atomic mass is 10.1. The lowest BCUT2D eigenvalue weighted by Gasteiger charge is -2.18. The molecule has 6 nitrogen and oxygen atoms in total. The predicted molar refractivity (Wildman–Crippen MR) is 279 cm³/mol. The average Bonchev–Trinajstić information content (AvgIpc) is 3.30. The van der Waals surface area contributed by atoms with E-state index in [-0.39, 0.29) is 37.5 Å². The third-order valence-corrected chi connectivity index (χ3v) is 10.5. The number of hydrogen-bond donors (Lipinski definition) is 0. The highest BCUT2D eigenvalue weighted by atomic mass is 16.6. The summed E-state index contributed by atoms with van der Waals surface area (Å²) in [5.74, 6) is -1.02. The fraction of sp³-hybridized carbons (Fsp3) is 0.610. The molecule has 0 aromatic carbocycles. The Morgan fingerprint density at radius 3 is 1.03 bits per heavy atom. The maximum atomic E-state index is 12.8. The molecular weight excluding hydrogens is 805 g/mol. The van der Waals surface area contributed by atoms with E-state index in [0.29, 0.717) is 19.3 Å². The highest BCUT2D eigenvalue weighted by Gasteiger charge is 2.19. The minimum absolute atomic E-state index is 0.109. The molecule has 0 fully saturated rings. The van der Waals surface area contributed by atoms with Crippen molar-refractivity contribution in [1.82, 2.24) is 0 Å². The van der Waals surface area contributed by atoms with E-state index >= 15 is 0 Å². The van der Waals surface area contributed by atoms with Gasteiger partial charge in [-0.3, -0.25) is 14.4 Å². The maximum absolute atomic E-state index is 12.8. The van der Waals surface area contributed by atoms with Gasteiger partial charge in [0.05, 0.1) is 0 Å². The summed E-state index contributed by atoms with van der Waals surface area (Å²) in [5, 5.41) is 0. The van der Waals surface area contributed by atoms with Crippen LogP contribution in [-0.4, -0.2) is 37.2 Å². The summed E-state index contributed by atoms with van der Waals surface area (Å²) in [6.07, 6.45) is 72.0. The Hall–Kier alpha value is -4.19.